The van der Waals surface area contributed by atoms with Gasteiger partial charge in [0.15, 0.2) is 0 Å². The molecule has 0 atom stereocenters. The number of methoxy groups -OCH3 is 1. The lowest BCUT2D eigenvalue weighted by Crippen LogP contribution is -2.49. The summed E-state index contributed by atoms with van der Waals surface area (Å²) in [6, 6.07) is 12.4. The average Bonchev–Trinajstić information content (AvgIpc) is 2.77. The van der Waals surface area contributed by atoms with Gasteiger partial charge < -0.3 is 14.5 Å². The van der Waals surface area contributed by atoms with E-state index in [-0.39, 0.29) is 23.8 Å². The molecule has 0 aliphatic carbocycles. The van der Waals surface area contributed by atoms with Crippen molar-refractivity contribution in [3.05, 3.63) is 54.3 Å². The number of anilines is 1. The molecule has 0 spiro atoms. The lowest BCUT2D eigenvalue weighted by Gasteiger charge is -2.36. The number of para-hydroxylation sites is 2. The Morgan fingerprint density at radius 1 is 1.07 bits per heavy atom. The van der Waals surface area contributed by atoms with Crippen molar-refractivity contribution in [3.8, 4) is 5.75 Å². The molecule has 7 nitrogen and oxygen atoms in total. The number of nitrogens with one attached hydrogen (secondary N) is 1. The molecule has 1 aliphatic heterocycles. The molecule has 0 bridgehead atoms. The number of hydrogen-bond donors (Lipinski definition) is 1. The van der Waals surface area contributed by atoms with Crippen molar-refractivity contribution < 1.29 is 22.3 Å². The molecule has 0 aromatic heterocycles. The van der Waals surface area contributed by atoms with E-state index in [1.54, 1.807) is 12.0 Å². The number of ether oxygens (including phenoxy) is 1. The van der Waals surface area contributed by atoms with Crippen molar-refractivity contribution in [2.45, 2.75) is 17.7 Å². The monoisotopic (exact) mass is 435 g/mol. The summed E-state index contributed by atoms with van der Waals surface area (Å²) in [5.41, 5.74) is 1.02. The van der Waals surface area contributed by atoms with Crippen LogP contribution in [0.5, 0.6) is 5.75 Å². The first-order valence-corrected chi connectivity index (χ1v) is 11.3. The summed E-state index contributed by atoms with van der Waals surface area (Å²) < 4.78 is 45.1. The van der Waals surface area contributed by atoms with Crippen LogP contribution in [-0.4, -0.2) is 59.1 Å². The van der Waals surface area contributed by atoms with Crippen LogP contribution in [-0.2, 0) is 14.8 Å². The Balaban J connectivity index is 1.42. The van der Waals surface area contributed by atoms with Gasteiger partial charge in [0, 0.05) is 39.1 Å². The third-order valence-electron chi connectivity index (χ3n) is 5.04. The summed E-state index contributed by atoms with van der Waals surface area (Å²) in [7, 11) is -2.06. The molecule has 1 N–H and O–H groups in total. The fourth-order valence-electron chi connectivity index (χ4n) is 3.39. The number of halogens is 1. The highest BCUT2D eigenvalue weighted by Gasteiger charge is 2.22. The number of hydrogen-bond acceptors (Lipinski definition) is 5. The van der Waals surface area contributed by atoms with E-state index in [1.807, 2.05) is 24.3 Å². The molecule has 0 saturated carbocycles. The van der Waals surface area contributed by atoms with Gasteiger partial charge in [0.05, 0.1) is 17.7 Å². The van der Waals surface area contributed by atoms with E-state index in [2.05, 4.69) is 9.62 Å². The second-order valence-corrected chi connectivity index (χ2v) is 8.76. The van der Waals surface area contributed by atoms with Crippen molar-refractivity contribution >= 4 is 21.6 Å². The Kier molecular flexibility index (Phi) is 7.28. The predicted octanol–water partition coefficient (Wildman–Crippen LogP) is 2.24. The van der Waals surface area contributed by atoms with Crippen LogP contribution in [0, 0.1) is 5.82 Å². The van der Waals surface area contributed by atoms with Crippen molar-refractivity contribution in [1.82, 2.24) is 9.62 Å². The number of carbonyl (C=O) groups excluding carboxylic acids is 1. The van der Waals surface area contributed by atoms with Gasteiger partial charge in [-0.05, 0) is 42.8 Å². The van der Waals surface area contributed by atoms with Gasteiger partial charge in [-0.3, -0.25) is 4.79 Å². The Hall–Kier alpha value is -2.65. The molecule has 1 heterocycles. The number of piperazine rings is 1. The van der Waals surface area contributed by atoms with E-state index < -0.39 is 15.8 Å². The molecule has 0 radical (unpaired) electrons. The van der Waals surface area contributed by atoms with Crippen LogP contribution in [0.15, 0.2) is 53.4 Å². The quantitative estimate of drug-likeness (QED) is 0.644. The molecule has 0 unspecified atom stereocenters. The Morgan fingerprint density at radius 3 is 2.40 bits per heavy atom. The summed E-state index contributed by atoms with van der Waals surface area (Å²) in [4.78, 5) is 16.5. The number of carbonyl (C=O) groups is 1. The number of benzene rings is 2. The SMILES string of the molecule is COc1ccccc1N1CCN(C(=O)CCCNS(=O)(=O)c2ccc(F)cc2)CC1. The fourth-order valence-corrected chi connectivity index (χ4v) is 4.46. The number of amides is 1. The minimum atomic E-state index is -3.70. The number of rotatable bonds is 8. The van der Waals surface area contributed by atoms with Gasteiger partial charge in [-0.1, -0.05) is 12.1 Å². The van der Waals surface area contributed by atoms with Crippen molar-refractivity contribution in [1.29, 1.82) is 0 Å². The Bertz CT molecular complexity index is 958. The summed E-state index contributed by atoms with van der Waals surface area (Å²) in [6.07, 6.45) is 0.659. The zero-order chi connectivity index (χ0) is 21.6. The fraction of sp³-hybridized carbons (Fsp3) is 0.381. The van der Waals surface area contributed by atoms with E-state index in [4.69, 9.17) is 4.74 Å². The second-order valence-electron chi connectivity index (χ2n) is 6.99. The summed E-state index contributed by atoms with van der Waals surface area (Å²) in [5.74, 6) is 0.326. The van der Waals surface area contributed by atoms with Gasteiger partial charge in [-0.25, -0.2) is 17.5 Å². The summed E-state index contributed by atoms with van der Waals surface area (Å²) in [5, 5.41) is 0. The minimum absolute atomic E-state index is 0.00249. The van der Waals surface area contributed by atoms with Crippen LogP contribution < -0.4 is 14.4 Å². The molecular formula is C21H26FN3O4S. The van der Waals surface area contributed by atoms with Crippen molar-refractivity contribution in [3.63, 3.8) is 0 Å². The smallest absolute Gasteiger partial charge is 0.240 e. The normalized spacial score (nSPS) is 14.6. The second kappa shape index (κ2) is 9.90. The highest BCUT2D eigenvalue weighted by atomic mass is 32.2. The molecule has 162 valence electrons. The van der Waals surface area contributed by atoms with Crippen LogP contribution in [0.3, 0.4) is 0 Å². The van der Waals surface area contributed by atoms with Gasteiger partial charge in [-0.2, -0.15) is 0 Å². The average molecular weight is 436 g/mol. The van der Waals surface area contributed by atoms with Crippen LogP contribution in [0.4, 0.5) is 10.1 Å². The van der Waals surface area contributed by atoms with E-state index in [0.717, 1.165) is 23.6 Å². The summed E-state index contributed by atoms with van der Waals surface area (Å²) >= 11 is 0. The predicted molar refractivity (Wildman–Crippen MR) is 113 cm³/mol. The van der Waals surface area contributed by atoms with E-state index in [9.17, 15) is 17.6 Å². The maximum atomic E-state index is 12.9. The van der Waals surface area contributed by atoms with Crippen LogP contribution in [0.1, 0.15) is 12.8 Å². The van der Waals surface area contributed by atoms with E-state index >= 15 is 0 Å². The first kappa shape index (κ1) is 22.0. The first-order chi connectivity index (χ1) is 14.4. The standard InChI is InChI=1S/C21H26FN3O4S/c1-29-20-6-3-2-5-19(20)24-13-15-25(16-14-24)21(26)7-4-12-23-30(27,28)18-10-8-17(22)9-11-18/h2-3,5-6,8-11,23H,4,7,12-16H2,1H3. The van der Waals surface area contributed by atoms with Gasteiger partial charge in [0.1, 0.15) is 11.6 Å². The zero-order valence-corrected chi connectivity index (χ0v) is 17.7. The van der Waals surface area contributed by atoms with E-state index in [1.165, 1.54) is 12.1 Å². The maximum absolute atomic E-state index is 12.9. The topological polar surface area (TPSA) is 79.0 Å². The first-order valence-electron chi connectivity index (χ1n) is 9.82. The lowest BCUT2D eigenvalue weighted by atomic mass is 10.2. The molecule has 2 aromatic carbocycles. The molecule has 1 aliphatic rings. The minimum Gasteiger partial charge on any atom is -0.495 e. The van der Waals surface area contributed by atoms with Crippen LogP contribution >= 0.6 is 0 Å². The summed E-state index contributed by atoms with van der Waals surface area (Å²) in [6.45, 7) is 2.79. The largest absolute Gasteiger partial charge is 0.495 e. The van der Waals surface area contributed by atoms with Gasteiger partial charge in [0.25, 0.3) is 0 Å². The molecule has 2 aromatic rings. The van der Waals surface area contributed by atoms with Gasteiger partial charge >= 0.3 is 0 Å². The highest BCUT2D eigenvalue weighted by molar-refractivity contribution is 7.89. The molecule has 30 heavy (non-hydrogen) atoms. The molecule has 3 rings (SSSR count). The van der Waals surface area contributed by atoms with Crippen LogP contribution in [0.25, 0.3) is 0 Å². The molecule has 1 saturated heterocycles. The molecule has 1 amide bonds. The van der Waals surface area contributed by atoms with Gasteiger partial charge in [0.2, 0.25) is 15.9 Å². The molecular weight excluding hydrogens is 409 g/mol. The third-order valence-corrected chi connectivity index (χ3v) is 6.52. The molecule has 1 fully saturated rings. The maximum Gasteiger partial charge on any atom is 0.240 e. The Morgan fingerprint density at radius 2 is 1.73 bits per heavy atom. The number of sulfonamides is 1. The highest BCUT2D eigenvalue weighted by Crippen LogP contribution is 2.28. The van der Waals surface area contributed by atoms with Crippen molar-refractivity contribution in [2.24, 2.45) is 0 Å². The van der Waals surface area contributed by atoms with Crippen LogP contribution in [0.2, 0.25) is 0 Å². The van der Waals surface area contributed by atoms with Gasteiger partial charge in [-0.15, -0.1) is 0 Å². The van der Waals surface area contributed by atoms with E-state index in [0.29, 0.717) is 32.6 Å². The van der Waals surface area contributed by atoms with Crippen molar-refractivity contribution in [2.75, 3.05) is 44.7 Å². The Labute approximate surface area is 176 Å². The lowest BCUT2D eigenvalue weighted by molar-refractivity contribution is -0.131. The third kappa shape index (κ3) is 5.48. The zero-order valence-electron chi connectivity index (χ0n) is 16.9. The molecule has 9 heteroatoms. The number of nitrogens with zero attached hydrogens (tertiary/aromatic N) is 2.